The third-order valence-electron chi connectivity index (χ3n) is 4.11. The topological polar surface area (TPSA) is 82.4 Å². The van der Waals surface area contributed by atoms with Crippen molar-refractivity contribution in [1.82, 2.24) is 0 Å². The molecule has 0 amide bonds. The number of nitrogen functional groups attached to an aromatic ring is 1. The molecule has 1 aromatic heterocycles. The van der Waals surface area contributed by atoms with E-state index in [-0.39, 0.29) is 12.6 Å². The third-order valence-corrected chi connectivity index (χ3v) is 4.66. The molecule has 0 fully saturated rings. The zero-order chi connectivity index (χ0) is 18.3. The van der Waals surface area contributed by atoms with Crippen molar-refractivity contribution in [2.75, 3.05) is 12.5 Å². The number of H-pyrrole nitrogens is 1. The van der Waals surface area contributed by atoms with Crippen LogP contribution in [0.15, 0.2) is 42.5 Å². The maximum Gasteiger partial charge on any atom is 0.289 e. The Morgan fingerprint density at radius 1 is 1.00 bits per heavy atom. The second-order valence-corrected chi connectivity index (χ2v) is 6.53. The highest BCUT2D eigenvalue weighted by molar-refractivity contribution is 6.36. The molecule has 5 nitrogen and oxygen atoms in total. The lowest BCUT2D eigenvalue weighted by Crippen LogP contribution is -2.16. The van der Waals surface area contributed by atoms with Crippen LogP contribution in [0.25, 0.3) is 22.4 Å². The van der Waals surface area contributed by atoms with Crippen LogP contribution in [-0.2, 0) is 0 Å². The van der Waals surface area contributed by atoms with Crippen LogP contribution in [0.1, 0.15) is 5.56 Å². The molecule has 0 saturated heterocycles. The van der Waals surface area contributed by atoms with Crippen molar-refractivity contribution in [2.24, 2.45) is 0 Å². The molecule has 0 aliphatic carbocycles. The average Bonchev–Trinajstić information content (AvgIpc) is 3.08. The van der Waals surface area contributed by atoms with Crippen molar-refractivity contribution >= 4 is 29.0 Å². The second-order valence-electron chi connectivity index (χ2n) is 5.69. The predicted molar refractivity (Wildman–Crippen MR) is 99.1 cm³/mol. The molecule has 1 aliphatic rings. The van der Waals surface area contributed by atoms with E-state index in [0.29, 0.717) is 38.4 Å². The summed E-state index contributed by atoms with van der Waals surface area (Å²) in [6.07, 6.45) is 0. The standard InChI is InChI=1S/C19H11Cl2N3O2/c20-11-2-3-12(15(21)6-11)16-7-13(14(8-22)19(23)24-16)10-1-4-17-18(5-10)26-9-25-17/h1-7H,9H2,(H2,23,24)/p+1. The van der Waals surface area contributed by atoms with Gasteiger partial charge < -0.3 is 9.47 Å². The maximum absolute atomic E-state index is 9.56. The molecular formula is C19H12Cl2N3O2+. The van der Waals surface area contributed by atoms with Crippen molar-refractivity contribution in [3.63, 3.8) is 0 Å². The Kier molecular flexibility index (Phi) is 4.08. The van der Waals surface area contributed by atoms with Gasteiger partial charge in [-0.3, -0.25) is 5.73 Å². The average molecular weight is 385 g/mol. The van der Waals surface area contributed by atoms with Gasteiger partial charge in [-0.05, 0) is 42.0 Å². The van der Waals surface area contributed by atoms with Crippen LogP contribution in [0.4, 0.5) is 5.82 Å². The molecule has 0 bridgehead atoms. The monoisotopic (exact) mass is 384 g/mol. The molecule has 128 valence electrons. The number of aromatic nitrogens is 1. The summed E-state index contributed by atoms with van der Waals surface area (Å²) in [5, 5.41) is 10.6. The summed E-state index contributed by atoms with van der Waals surface area (Å²) in [7, 11) is 0. The number of anilines is 1. The number of hydrogen-bond acceptors (Lipinski definition) is 4. The van der Waals surface area contributed by atoms with Gasteiger partial charge in [0.2, 0.25) is 6.79 Å². The van der Waals surface area contributed by atoms with Gasteiger partial charge in [0.1, 0.15) is 17.3 Å². The van der Waals surface area contributed by atoms with E-state index in [1.807, 2.05) is 18.2 Å². The number of pyridine rings is 1. The molecule has 0 unspecified atom stereocenters. The van der Waals surface area contributed by atoms with Crippen LogP contribution in [0, 0.1) is 11.3 Å². The minimum absolute atomic E-state index is 0.181. The number of fused-ring (bicyclic) bond motifs is 1. The molecule has 4 rings (SSSR count). The van der Waals surface area contributed by atoms with Crippen LogP contribution >= 0.6 is 23.2 Å². The number of nitrogens with one attached hydrogen (secondary N) is 1. The molecule has 0 saturated carbocycles. The van der Waals surface area contributed by atoms with Crippen LogP contribution in [0.5, 0.6) is 11.5 Å². The quantitative estimate of drug-likeness (QED) is 0.712. The summed E-state index contributed by atoms with van der Waals surface area (Å²) >= 11 is 12.3. The Labute approximate surface area is 159 Å². The third kappa shape index (κ3) is 2.80. The van der Waals surface area contributed by atoms with E-state index in [9.17, 15) is 5.26 Å². The highest BCUT2D eigenvalue weighted by Crippen LogP contribution is 2.38. The maximum atomic E-state index is 9.56. The molecule has 2 heterocycles. The van der Waals surface area contributed by atoms with Crippen LogP contribution in [0.3, 0.4) is 0 Å². The minimum atomic E-state index is 0.181. The van der Waals surface area contributed by atoms with E-state index in [1.165, 1.54) is 0 Å². The number of ether oxygens (including phenoxy) is 2. The van der Waals surface area contributed by atoms with Crippen molar-refractivity contribution in [3.8, 4) is 40.0 Å². The molecule has 2 aromatic carbocycles. The fourth-order valence-corrected chi connectivity index (χ4v) is 3.38. The van der Waals surface area contributed by atoms with Gasteiger partial charge in [-0.1, -0.05) is 29.3 Å². The summed E-state index contributed by atoms with van der Waals surface area (Å²) in [6, 6.07) is 14.7. The van der Waals surface area contributed by atoms with Crippen molar-refractivity contribution in [2.45, 2.75) is 0 Å². The largest absolute Gasteiger partial charge is 0.454 e. The second kappa shape index (κ2) is 6.41. The molecule has 7 heteroatoms. The van der Waals surface area contributed by atoms with Gasteiger partial charge in [-0.25, -0.2) is 4.98 Å². The number of aromatic amines is 1. The fraction of sp³-hybridized carbons (Fsp3) is 0.0526. The Bertz CT molecular complexity index is 1080. The highest BCUT2D eigenvalue weighted by atomic mass is 35.5. The Morgan fingerprint density at radius 3 is 2.58 bits per heavy atom. The number of nitrogens with zero attached hydrogens (tertiary/aromatic N) is 1. The molecule has 0 radical (unpaired) electrons. The highest BCUT2D eigenvalue weighted by Gasteiger charge is 2.21. The Balaban J connectivity index is 1.91. The molecule has 1 aliphatic heterocycles. The summed E-state index contributed by atoms with van der Waals surface area (Å²) in [5.41, 5.74) is 9.31. The van der Waals surface area contributed by atoms with Gasteiger partial charge in [0.15, 0.2) is 11.5 Å². The van der Waals surface area contributed by atoms with Gasteiger partial charge in [-0.2, -0.15) is 5.26 Å². The molecule has 3 aromatic rings. The number of halogens is 2. The van der Waals surface area contributed by atoms with Gasteiger partial charge >= 0.3 is 0 Å². The van der Waals surface area contributed by atoms with E-state index < -0.39 is 0 Å². The van der Waals surface area contributed by atoms with E-state index in [2.05, 4.69) is 11.1 Å². The Hall–Kier alpha value is -2.94. The van der Waals surface area contributed by atoms with E-state index >= 15 is 0 Å². The molecule has 0 atom stereocenters. The normalized spacial score (nSPS) is 12.0. The smallest absolute Gasteiger partial charge is 0.289 e. The zero-order valence-electron chi connectivity index (χ0n) is 13.3. The first-order valence-electron chi connectivity index (χ1n) is 7.68. The van der Waals surface area contributed by atoms with Crippen molar-refractivity contribution < 1.29 is 14.5 Å². The summed E-state index contributed by atoms with van der Waals surface area (Å²) < 4.78 is 10.8. The lowest BCUT2D eigenvalue weighted by Gasteiger charge is -2.09. The number of hydrogen-bond donors (Lipinski definition) is 1. The minimum Gasteiger partial charge on any atom is -0.454 e. The summed E-state index contributed by atoms with van der Waals surface area (Å²) in [4.78, 5) is 3.04. The van der Waals surface area contributed by atoms with Crippen molar-refractivity contribution in [3.05, 3.63) is 58.1 Å². The van der Waals surface area contributed by atoms with Gasteiger partial charge in [-0.15, -0.1) is 0 Å². The first-order valence-corrected chi connectivity index (χ1v) is 8.44. The lowest BCUT2D eigenvalue weighted by atomic mass is 9.98. The van der Waals surface area contributed by atoms with E-state index in [1.54, 1.807) is 24.3 Å². The number of nitrogens with two attached hydrogens (primary N) is 1. The fourth-order valence-electron chi connectivity index (χ4n) is 2.87. The lowest BCUT2D eigenvalue weighted by molar-refractivity contribution is -0.346. The number of benzene rings is 2. The number of rotatable bonds is 2. The molecule has 26 heavy (non-hydrogen) atoms. The summed E-state index contributed by atoms with van der Waals surface area (Å²) in [5.74, 6) is 1.55. The van der Waals surface area contributed by atoms with E-state index in [4.69, 9.17) is 38.4 Å². The molecule has 3 N–H and O–H groups in total. The molecular weight excluding hydrogens is 373 g/mol. The SMILES string of the molecule is N#Cc1c(-c2ccc3c(c2)OCO3)cc(-c2ccc(Cl)cc2Cl)[nH+]c1N. The van der Waals surface area contributed by atoms with Crippen molar-refractivity contribution in [1.29, 1.82) is 5.26 Å². The number of nitriles is 1. The van der Waals surface area contributed by atoms with Gasteiger partial charge in [0.05, 0.1) is 5.02 Å². The van der Waals surface area contributed by atoms with Crippen LogP contribution in [0.2, 0.25) is 10.0 Å². The summed E-state index contributed by atoms with van der Waals surface area (Å²) in [6.45, 7) is 0.181. The first kappa shape index (κ1) is 16.5. The van der Waals surface area contributed by atoms with Gasteiger partial charge in [0, 0.05) is 16.1 Å². The van der Waals surface area contributed by atoms with Crippen LogP contribution in [-0.4, -0.2) is 6.79 Å². The first-order chi connectivity index (χ1) is 12.6. The Morgan fingerprint density at radius 2 is 1.81 bits per heavy atom. The predicted octanol–water partition coefficient (Wildman–Crippen LogP) is 4.32. The zero-order valence-corrected chi connectivity index (χ0v) is 14.9. The van der Waals surface area contributed by atoms with Gasteiger partial charge in [0.25, 0.3) is 5.82 Å². The van der Waals surface area contributed by atoms with Crippen LogP contribution < -0.4 is 20.2 Å². The molecule has 0 spiro atoms. The van der Waals surface area contributed by atoms with E-state index in [0.717, 1.165) is 11.1 Å².